The van der Waals surface area contributed by atoms with Gasteiger partial charge in [-0.3, -0.25) is 15.1 Å². The number of imidazole rings is 1. The van der Waals surface area contributed by atoms with Crippen LogP contribution >= 0.6 is 22.9 Å². The minimum atomic E-state index is -0.353. The van der Waals surface area contributed by atoms with Crippen LogP contribution in [0, 0.1) is 6.92 Å². The largest absolute Gasteiger partial charge is 0.496 e. The number of anilines is 2. The highest BCUT2D eigenvalue weighted by atomic mass is 35.5. The molecule has 0 bridgehead atoms. The van der Waals surface area contributed by atoms with Crippen LogP contribution in [0.15, 0.2) is 43.0 Å². The van der Waals surface area contributed by atoms with Gasteiger partial charge in [-0.2, -0.15) is 4.98 Å². The summed E-state index contributed by atoms with van der Waals surface area (Å²) in [6.07, 6.45) is 5.97. The predicted molar refractivity (Wildman–Crippen MR) is 147 cm³/mol. The first-order valence-corrected chi connectivity index (χ1v) is 13.1. The van der Waals surface area contributed by atoms with E-state index in [1.807, 2.05) is 30.9 Å². The SMILES string of the molecule is COc1ccc(Cl)cc1-c1cc(C)ncc1C(=O)Nc1nc2ncc(N3CCc4ncn(C)c4C3)nc2s1. The number of benzene rings is 1. The number of nitrogens with zero attached hydrogens (tertiary/aromatic N) is 7. The molecule has 192 valence electrons. The third-order valence-corrected chi connectivity index (χ3v) is 7.59. The third kappa shape index (κ3) is 4.44. The molecule has 1 aliphatic rings. The number of methoxy groups -OCH3 is 1. The van der Waals surface area contributed by atoms with Gasteiger partial charge in [0, 0.05) is 48.1 Å². The molecule has 0 saturated carbocycles. The lowest BCUT2D eigenvalue weighted by Gasteiger charge is -2.27. The second-order valence-electron chi connectivity index (χ2n) is 8.97. The standard InChI is InChI=1S/C26H23ClN8O2S/c1-14-8-16(17-9-15(27)4-5-21(17)37-3)18(10-28-14)24(36)33-26-32-23-25(38-26)31-22(11-29-23)35-7-6-19-20(12-35)34(2)13-30-19/h4-5,8-11,13H,6-7,12H2,1-3H3,(H,29,32,33,36). The molecule has 0 fully saturated rings. The van der Waals surface area contributed by atoms with E-state index in [2.05, 4.69) is 30.2 Å². The van der Waals surface area contributed by atoms with Crippen molar-refractivity contribution >= 4 is 50.3 Å². The van der Waals surface area contributed by atoms with Crippen molar-refractivity contribution < 1.29 is 9.53 Å². The normalized spacial score (nSPS) is 13.0. The fourth-order valence-electron chi connectivity index (χ4n) is 4.55. The molecular weight excluding hydrogens is 524 g/mol. The maximum absolute atomic E-state index is 13.4. The van der Waals surface area contributed by atoms with Crippen LogP contribution in [-0.4, -0.2) is 49.0 Å². The molecule has 0 saturated heterocycles. The molecule has 0 aliphatic carbocycles. The number of aryl methyl sites for hydroxylation is 2. The van der Waals surface area contributed by atoms with Crippen molar-refractivity contribution in [2.75, 3.05) is 23.9 Å². The first-order chi connectivity index (χ1) is 18.4. The average molecular weight is 547 g/mol. The monoisotopic (exact) mass is 546 g/mol. The van der Waals surface area contributed by atoms with Crippen LogP contribution in [0.5, 0.6) is 5.75 Å². The van der Waals surface area contributed by atoms with Crippen LogP contribution in [0.25, 0.3) is 21.6 Å². The highest BCUT2D eigenvalue weighted by molar-refractivity contribution is 7.21. The molecule has 1 aliphatic heterocycles. The summed E-state index contributed by atoms with van der Waals surface area (Å²) in [5.41, 5.74) is 5.27. The van der Waals surface area contributed by atoms with E-state index in [0.717, 1.165) is 30.2 Å². The van der Waals surface area contributed by atoms with E-state index in [1.165, 1.54) is 17.0 Å². The summed E-state index contributed by atoms with van der Waals surface area (Å²) in [5.74, 6) is 1.02. The fraction of sp³-hybridized carbons (Fsp3) is 0.231. The number of hydrogen-bond acceptors (Lipinski definition) is 9. The summed E-state index contributed by atoms with van der Waals surface area (Å²) in [7, 11) is 3.58. The molecule has 1 aromatic carbocycles. The summed E-state index contributed by atoms with van der Waals surface area (Å²) < 4.78 is 7.57. The van der Waals surface area contributed by atoms with Gasteiger partial charge in [-0.25, -0.2) is 15.0 Å². The van der Waals surface area contributed by atoms with Crippen molar-refractivity contribution in [1.82, 2.24) is 29.5 Å². The quantitative estimate of drug-likeness (QED) is 0.338. The molecule has 0 unspecified atom stereocenters. The van der Waals surface area contributed by atoms with E-state index >= 15 is 0 Å². The molecule has 1 amide bonds. The van der Waals surface area contributed by atoms with Crippen molar-refractivity contribution in [2.24, 2.45) is 7.05 Å². The summed E-state index contributed by atoms with van der Waals surface area (Å²) >= 11 is 7.54. The molecule has 6 rings (SSSR count). The topological polar surface area (TPSA) is 111 Å². The van der Waals surface area contributed by atoms with Gasteiger partial charge in [-0.1, -0.05) is 22.9 Å². The number of pyridine rings is 1. The Bertz CT molecular complexity index is 1700. The molecule has 12 heteroatoms. The molecule has 0 spiro atoms. The first kappa shape index (κ1) is 24.3. The van der Waals surface area contributed by atoms with Crippen LogP contribution in [0.1, 0.15) is 27.4 Å². The van der Waals surface area contributed by atoms with Gasteiger partial charge in [0.25, 0.3) is 5.91 Å². The number of ether oxygens (including phenoxy) is 1. The Balaban J connectivity index is 1.28. The minimum absolute atomic E-state index is 0.353. The second-order valence-corrected chi connectivity index (χ2v) is 10.4. The van der Waals surface area contributed by atoms with Gasteiger partial charge < -0.3 is 14.2 Å². The van der Waals surface area contributed by atoms with E-state index in [9.17, 15) is 4.79 Å². The maximum atomic E-state index is 13.4. The zero-order chi connectivity index (χ0) is 26.4. The van der Waals surface area contributed by atoms with Crippen molar-refractivity contribution in [3.05, 3.63) is 70.7 Å². The molecule has 0 radical (unpaired) electrons. The Morgan fingerprint density at radius 1 is 1.13 bits per heavy atom. The van der Waals surface area contributed by atoms with Gasteiger partial charge in [0.1, 0.15) is 11.6 Å². The lowest BCUT2D eigenvalue weighted by Crippen LogP contribution is -2.32. The molecule has 0 atom stereocenters. The molecule has 1 N–H and O–H groups in total. The molecule has 5 aromatic rings. The number of aromatic nitrogens is 6. The number of fused-ring (bicyclic) bond motifs is 2. The Morgan fingerprint density at radius 2 is 2.00 bits per heavy atom. The van der Waals surface area contributed by atoms with Gasteiger partial charge >= 0.3 is 0 Å². The number of hydrogen-bond donors (Lipinski definition) is 1. The Kier molecular flexibility index (Phi) is 6.16. The Labute approximate surface area is 227 Å². The summed E-state index contributed by atoms with van der Waals surface area (Å²) in [6, 6.07) is 7.12. The van der Waals surface area contributed by atoms with Crippen LogP contribution in [-0.2, 0) is 20.0 Å². The highest BCUT2D eigenvalue weighted by Gasteiger charge is 2.23. The van der Waals surface area contributed by atoms with Gasteiger partial charge in [0.15, 0.2) is 15.6 Å². The van der Waals surface area contributed by atoms with E-state index in [4.69, 9.17) is 21.3 Å². The smallest absolute Gasteiger partial charge is 0.259 e. The van der Waals surface area contributed by atoms with E-state index in [1.54, 1.807) is 37.7 Å². The number of carbonyl (C=O) groups is 1. The van der Waals surface area contributed by atoms with E-state index in [0.29, 0.717) is 49.6 Å². The van der Waals surface area contributed by atoms with Crippen LogP contribution in [0.3, 0.4) is 0 Å². The predicted octanol–water partition coefficient (Wildman–Crippen LogP) is 4.67. The minimum Gasteiger partial charge on any atom is -0.496 e. The number of rotatable bonds is 5. The summed E-state index contributed by atoms with van der Waals surface area (Å²) in [4.78, 5) is 38.8. The molecule has 4 aromatic heterocycles. The van der Waals surface area contributed by atoms with Crippen molar-refractivity contribution in [3.63, 3.8) is 0 Å². The summed E-state index contributed by atoms with van der Waals surface area (Å²) in [5, 5.41) is 3.83. The Morgan fingerprint density at radius 3 is 2.84 bits per heavy atom. The van der Waals surface area contributed by atoms with Gasteiger partial charge in [0.2, 0.25) is 0 Å². The summed E-state index contributed by atoms with van der Waals surface area (Å²) in [6.45, 7) is 3.38. The zero-order valence-electron chi connectivity index (χ0n) is 20.9. The number of nitrogens with one attached hydrogen (secondary N) is 1. The number of halogens is 1. The highest BCUT2D eigenvalue weighted by Crippen LogP contribution is 2.35. The van der Waals surface area contributed by atoms with Crippen LogP contribution in [0.2, 0.25) is 5.02 Å². The molecule has 38 heavy (non-hydrogen) atoms. The van der Waals surface area contributed by atoms with Crippen LogP contribution < -0.4 is 15.0 Å². The lowest BCUT2D eigenvalue weighted by atomic mass is 9.99. The molecule has 5 heterocycles. The average Bonchev–Trinajstić information content (AvgIpc) is 3.50. The second kappa shape index (κ2) is 9.66. The number of amides is 1. The van der Waals surface area contributed by atoms with E-state index < -0.39 is 0 Å². The van der Waals surface area contributed by atoms with Crippen molar-refractivity contribution in [3.8, 4) is 16.9 Å². The van der Waals surface area contributed by atoms with Crippen LogP contribution in [0.4, 0.5) is 10.9 Å². The van der Waals surface area contributed by atoms with Gasteiger partial charge in [-0.15, -0.1) is 0 Å². The Hall–Kier alpha value is -4.09. The number of carbonyl (C=O) groups excluding carboxylic acids is 1. The number of thiazole rings is 1. The van der Waals surface area contributed by atoms with Gasteiger partial charge in [0.05, 0.1) is 43.1 Å². The van der Waals surface area contributed by atoms with Crippen molar-refractivity contribution in [1.29, 1.82) is 0 Å². The maximum Gasteiger partial charge on any atom is 0.259 e. The van der Waals surface area contributed by atoms with E-state index in [-0.39, 0.29) is 5.91 Å². The third-order valence-electron chi connectivity index (χ3n) is 6.50. The fourth-order valence-corrected chi connectivity index (χ4v) is 5.51. The molecular formula is C26H23ClN8O2S. The lowest BCUT2D eigenvalue weighted by molar-refractivity contribution is 0.102. The van der Waals surface area contributed by atoms with Gasteiger partial charge in [-0.05, 0) is 31.2 Å². The first-order valence-electron chi connectivity index (χ1n) is 11.9. The molecule has 10 nitrogen and oxygen atoms in total. The zero-order valence-corrected chi connectivity index (χ0v) is 22.5. The van der Waals surface area contributed by atoms with Crippen molar-refractivity contribution in [2.45, 2.75) is 19.9 Å².